The van der Waals surface area contributed by atoms with Gasteiger partial charge in [-0.1, -0.05) is 36.4 Å². The van der Waals surface area contributed by atoms with E-state index in [1.807, 2.05) is 23.1 Å². The molecule has 0 saturated carbocycles. The van der Waals surface area contributed by atoms with Crippen molar-refractivity contribution in [1.29, 1.82) is 0 Å². The lowest BCUT2D eigenvalue weighted by molar-refractivity contribution is -0.127. The molecular weight excluding hydrogens is 495 g/mol. The van der Waals surface area contributed by atoms with Crippen molar-refractivity contribution >= 4 is 47.2 Å². The van der Waals surface area contributed by atoms with Crippen LogP contribution in [0.5, 0.6) is 0 Å². The zero-order valence-electron chi connectivity index (χ0n) is 17.0. The quantitative estimate of drug-likeness (QED) is 0.299. The van der Waals surface area contributed by atoms with Gasteiger partial charge in [-0.05, 0) is 36.8 Å². The second-order valence-corrected chi connectivity index (χ2v) is 8.15. The van der Waals surface area contributed by atoms with Gasteiger partial charge in [0.25, 0.3) is 0 Å². The average Bonchev–Trinajstić information content (AvgIpc) is 3.35. The molecule has 158 valence electrons. The number of likely N-dealkylation sites (tertiary alicyclic amines) is 1. The molecule has 1 aliphatic heterocycles. The van der Waals surface area contributed by atoms with Crippen LogP contribution < -0.4 is 10.6 Å². The topological polar surface area (TPSA) is 56.7 Å². The van der Waals surface area contributed by atoms with Crippen molar-refractivity contribution in [1.82, 2.24) is 15.5 Å². The van der Waals surface area contributed by atoms with Crippen molar-refractivity contribution in [3.63, 3.8) is 0 Å². The summed E-state index contributed by atoms with van der Waals surface area (Å²) in [5.41, 5.74) is 1.28. The van der Waals surface area contributed by atoms with Gasteiger partial charge in [0, 0.05) is 49.9 Å². The first kappa shape index (κ1) is 23.7. The smallest absolute Gasteiger partial charge is 0.223 e. The van der Waals surface area contributed by atoms with Crippen LogP contribution in [-0.2, 0) is 17.6 Å². The number of thiophene rings is 1. The minimum Gasteiger partial charge on any atom is -0.357 e. The van der Waals surface area contributed by atoms with Gasteiger partial charge in [0.2, 0.25) is 5.91 Å². The van der Waals surface area contributed by atoms with E-state index >= 15 is 0 Å². The highest BCUT2D eigenvalue weighted by Crippen LogP contribution is 2.18. The lowest BCUT2D eigenvalue weighted by atomic mass is 10.1. The molecule has 0 aliphatic carbocycles. The van der Waals surface area contributed by atoms with E-state index in [1.54, 1.807) is 11.3 Å². The fourth-order valence-electron chi connectivity index (χ4n) is 3.42. The first-order valence-corrected chi connectivity index (χ1v) is 11.0. The van der Waals surface area contributed by atoms with E-state index < -0.39 is 0 Å². The molecule has 3 rings (SSSR count). The minimum absolute atomic E-state index is 0. The summed E-state index contributed by atoms with van der Waals surface area (Å²) in [5, 5.41) is 8.80. The van der Waals surface area contributed by atoms with Crippen LogP contribution in [0.3, 0.4) is 0 Å². The normalized spacial score (nSPS) is 16.6. The number of carbonyl (C=O) groups excluding carboxylic acids is 1. The molecule has 29 heavy (non-hydrogen) atoms. The third-order valence-corrected chi connectivity index (χ3v) is 5.84. The molecule has 2 aromatic rings. The Bertz CT molecular complexity index is 751. The van der Waals surface area contributed by atoms with Crippen molar-refractivity contribution in [2.24, 2.45) is 10.9 Å². The fourth-order valence-corrected chi connectivity index (χ4v) is 4.13. The van der Waals surface area contributed by atoms with Crippen molar-refractivity contribution < 1.29 is 4.79 Å². The molecule has 0 bridgehead atoms. The zero-order valence-corrected chi connectivity index (χ0v) is 20.1. The van der Waals surface area contributed by atoms with E-state index in [2.05, 4.69) is 47.2 Å². The van der Waals surface area contributed by atoms with Crippen LogP contribution in [0.4, 0.5) is 0 Å². The first-order valence-electron chi connectivity index (χ1n) is 10.1. The Morgan fingerprint density at radius 3 is 2.72 bits per heavy atom. The fraction of sp³-hybridized carbons (Fsp3) is 0.455. The standard InChI is InChI=1S/C22H30N4OS.HI/c1-2-23-22(24-12-10-20-9-6-14-28-20)25-16-19-15-21(27)26(17-19)13-11-18-7-4-3-5-8-18;/h3-9,14,19H,2,10-13,15-17H2,1H3,(H2,23,24,25);1H. The van der Waals surface area contributed by atoms with Gasteiger partial charge in [-0.2, -0.15) is 0 Å². The van der Waals surface area contributed by atoms with Gasteiger partial charge in [-0.25, -0.2) is 0 Å². The summed E-state index contributed by atoms with van der Waals surface area (Å²) in [4.78, 5) is 20.4. The third kappa shape index (κ3) is 7.97. The van der Waals surface area contributed by atoms with Gasteiger partial charge in [0.05, 0.1) is 0 Å². The second kappa shape index (κ2) is 12.8. The summed E-state index contributed by atoms with van der Waals surface area (Å²) in [6, 6.07) is 14.6. The van der Waals surface area contributed by atoms with Crippen LogP contribution in [0.15, 0.2) is 52.8 Å². The van der Waals surface area contributed by atoms with E-state index in [0.29, 0.717) is 18.9 Å². The average molecular weight is 526 g/mol. The second-order valence-electron chi connectivity index (χ2n) is 7.12. The van der Waals surface area contributed by atoms with Gasteiger partial charge >= 0.3 is 0 Å². The number of aliphatic imine (C=N–C) groups is 1. The van der Waals surface area contributed by atoms with Crippen molar-refractivity contribution in [3.05, 3.63) is 58.3 Å². The highest BCUT2D eigenvalue weighted by molar-refractivity contribution is 14.0. The Morgan fingerprint density at radius 2 is 2.00 bits per heavy atom. The molecule has 1 atom stereocenters. The van der Waals surface area contributed by atoms with E-state index in [0.717, 1.165) is 45.0 Å². The highest BCUT2D eigenvalue weighted by Gasteiger charge is 2.28. The molecule has 7 heteroatoms. The summed E-state index contributed by atoms with van der Waals surface area (Å²) in [6.45, 7) is 6.05. The third-order valence-electron chi connectivity index (χ3n) is 4.90. The Balaban J connectivity index is 0.00000300. The van der Waals surface area contributed by atoms with Gasteiger partial charge in [-0.3, -0.25) is 9.79 Å². The molecule has 1 unspecified atom stereocenters. The van der Waals surface area contributed by atoms with Crippen LogP contribution in [-0.4, -0.2) is 49.5 Å². The van der Waals surface area contributed by atoms with Crippen molar-refractivity contribution in [2.75, 3.05) is 32.7 Å². The number of carbonyl (C=O) groups is 1. The SMILES string of the molecule is CCNC(=NCC1CC(=O)N(CCc2ccccc2)C1)NCCc1cccs1.I. The Hall–Kier alpha value is -1.61. The van der Waals surface area contributed by atoms with E-state index in [4.69, 9.17) is 4.99 Å². The number of hydrogen-bond donors (Lipinski definition) is 2. The van der Waals surface area contributed by atoms with E-state index in [-0.39, 0.29) is 29.9 Å². The van der Waals surface area contributed by atoms with Gasteiger partial charge in [0.1, 0.15) is 0 Å². The lowest BCUT2D eigenvalue weighted by Crippen LogP contribution is -2.38. The monoisotopic (exact) mass is 526 g/mol. The van der Waals surface area contributed by atoms with Crippen LogP contribution in [0.1, 0.15) is 23.8 Å². The lowest BCUT2D eigenvalue weighted by Gasteiger charge is -2.16. The molecule has 1 fully saturated rings. The Labute approximate surface area is 195 Å². The zero-order chi connectivity index (χ0) is 19.6. The molecule has 1 amide bonds. The molecule has 0 radical (unpaired) electrons. The first-order chi connectivity index (χ1) is 13.7. The predicted molar refractivity (Wildman–Crippen MR) is 132 cm³/mol. The molecule has 1 aromatic carbocycles. The summed E-state index contributed by atoms with van der Waals surface area (Å²) in [7, 11) is 0. The Kier molecular flexibility index (Phi) is 10.5. The number of guanidine groups is 1. The maximum Gasteiger partial charge on any atom is 0.223 e. The maximum atomic E-state index is 12.3. The summed E-state index contributed by atoms with van der Waals surface area (Å²) < 4.78 is 0. The number of nitrogens with zero attached hydrogens (tertiary/aromatic N) is 2. The van der Waals surface area contributed by atoms with Crippen molar-refractivity contribution in [2.45, 2.75) is 26.2 Å². The van der Waals surface area contributed by atoms with Crippen LogP contribution >= 0.6 is 35.3 Å². The van der Waals surface area contributed by atoms with Gasteiger partial charge in [0.15, 0.2) is 5.96 Å². The molecule has 5 nitrogen and oxygen atoms in total. The highest BCUT2D eigenvalue weighted by atomic mass is 127. The summed E-state index contributed by atoms with van der Waals surface area (Å²) >= 11 is 1.78. The largest absolute Gasteiger partial charge is 0.357 e. The predicted octanol–water partition coefficient (Wildman–Crippen LogP) is 3.55. The minimum atomic E-state index is 0. The summed E-state index contributed by atoms with van der Waals surface area (Å²) in [6.07, 6.45) is 2.51. The molecule has 1 saturated heterocycles. The van der Waals surface area contributed by atoms with E-state index in [9.17, 15) is 4.79 Å². The number of hydrogen-bond acceptors (Lipinski definition) is 3. The molecule has 2 heterocycles. The van der Waals surface area contributed by atoms with E-state index in [1.165, 1.54) is 10.4 Å². The number of halogens is 1. The molecular formula is C22H31IN4OS. The Morgan fingerprint density at radius 1 is 1.17 bits per heavy atom. The molecule has 1 aliphatic rings. The van der Waals surface area contributed by atoms with Gasteiger partial charge in [-0.15, -0.1) is 35.3 Å². The molecule has 2 N–H and O–H groups in total. The number of benzene rings is 1. The summed E-state index contributed by atoms with van der Waals surface area (Å²) in [5.74, 6) is 1.40. The molecule has 1 aromatic heterocycles. The van der Waals surface area contributed by atoms with Crippen molar-refractivity contribution in [3.8, 4) is 0 Å². The number of amides is 1. The number of rotatable bonds is 9. The van der Waals surface area contributed by atoms with Crippen LogP contribution in [0.2, 0.25) is 0 Å². The number of nitrogens with one attached hydrogen (secondary N) is 2. The van der Waals surface area contributed by atoms with Crippen LogP contribution in [0.25, 0.3) is 0 Å². The van der Waals surface area contributed by atoms with Gasteiger partial charge < -0.3 is 15.5 Å². The molecule has 0 spiro atoms. The maximum absolute atomic E-state index is 12.3. The van der Waals surface area contributed by atoms with Crippen LogP contribution in [0, 0.1) is 5.92 Å².